The van der Waals surface area contributed by atoms with Crippen LogP contribution in [0.25, 0.3) is 0 Å². The van der Waals surface area contributed by atoms with Gasteiger partial charge in [0.25, 0.3) is 0 Å². The minimum absolute atomic E-state index is 0.277. The smallest absolute Gasteiger partial charge is 0.123 e. The van der Waals surface area contributed by atoms with Crippen molar-refractivity contribution in [3.8, 4) is 6.07 Å². The number of benzene rings is 1. The molecule has 0 saturated carbocycles. The average Bonchev–Trinajstić information content (AvgIpc) is 2.93. The zero-order valence-corrected chi connectivity index (χ0v) is 13.4. The van der Waals surface area contributed by atoms with Crippen LogP contribution in [0.4, 0.5) is 4.39 Å². The highest BCUT2D eigenvalue weighted by molar-refractivity contribution is 5.37. The van der Waals surface area contributed by atoms with Crippen molar-refractivity contribution < 1.29 is 4.39 Å². The molecule has 1 atom stereocenters. The van der Waals surface area contributed by atoms with E-state index < -0.39 is 0 Å². The Morgan fingerprint density at radius 2 is 2.30 bits per heavy atom. The predicted molar refractivity (Wildman–Crippen MR) is 86.0 cm³/mol. The summed E-state index contributed by atoms with van der Waals surface area (Å²) >= 11 is 0. The fourth-order valence-electron chi connectivity index (χ4n) is 3.36. The number of likely N-dealkylation sites (tertiary alicyclic amines) is 1. The highest BCUT2D eigenvalue weighted by Crippen LogP contribution is 2.23. The molecule has 1 saturated heterocycles. The molecule has 0 radical (unpaired) electrons. The molecule has 2 heterocycles. The van der Waals surface area contributed by atoms with E-state index in [1.54, 1.807) is 6.07 Å². The van der Waals surface area contributed by atoms with E-state index in [9.17, 15) is 9.65 Å². The van der Waals surface area contributed by atoms with Gasteiger partial charge in [0.15, 0.2) is 0 Å². The number of imidazole rings is 1. The largest absolute Gasteiger partial charge is 0.338 e. The Labute approximate surface area is 136 Å². The summed E-state index contributed by atoms with van der Waals surface area (Å²) in [6, 6.07) is 6.57. The molecule has 120 valence electrons. The third-order valence-corrected chi connectivity index (χ3v) is 4.58. The van der Waals surface area contributed by atoms with Crippen LogP contribution in [0.2, 0.25) is 0 Å². The first-order chi connectivity index (χ1) is 11.2. The molecule has 0 aliphatic carbocycles. The number of aryl methyl sites for hydroxylation is 1. The first-order valence-electron chi connectivity index (χ1n) is 8.03. The van der Waals surface area contributed by atoms with Crippen molar-refractivity contribution in [2.24, 2.45) is 13.0 Å². The number of halogens is 1. The maximum Gasteiger partial charge on any atom is 0.123 e. The molecular weight excluding hydrogens is 291 g/mol. The Kier molecular flexibility index (Phi) is 4.73. The van der Waals surface area contributed by atoms with Crippen molar-refractivity contribution >= 4 is 0 Å². The van der Waals surface area contributed by atoms with Gasteiger partial charge in [0.05, 0.1) is 11.6 Å². The van der Waals surface area contributed by atoms with Crippen molar-refractivity contribution in [1.82, 2.24) is 14.5 Å². The molecule has 0 bridgehead atoms. The van der Waals surface area contributed by atoms with Crippen LogP contribution in [0.1, 0.15) is 29.8 Å². The second-order valence-electron chi connectivity index (χ2n) is 6.32. The van der Waals surface area contributed by atoms with E-state index in [-0.39, 0.29) is 5.82 Å². The number of nitrogens with zero attached hydrogens (tertiary/aromatic N) is 4. The Morgan fingerprint density at radius 3 is 3.04 bits per heavy atom. The molecule has 1 fully saturated rings. The van der Waals surface area contributed by atoms with Crippen LogP contribution in [-0.2, 0) is 20.0 Å². The minimum atomic E-state index is -0.277. The maximum absolute atomic E-state index is 13.5. The van der Waals surface area contributed by atoms with E-state index in [1.807, 2.05) is 19.4 Å². The van der Waals surface area contributed by atoms with Crippen molar-refractivity contribution in [2.75, 3.05) is 13.1 Å². The van der Waals surface area contributed by atoms with Crippen LogP contribution >= 0.6 is 0 Å². The Hall–Kier alpha value is -2.19. The van der Waals surface area contributed by atoms with E-state index in [2.05, 4.69) is 20.5 Å². The lowest BCUT2D eigenvalue weighted by atomic mass is 9.94. The molecule has 1 unspecified atom stereocenters. The molecular formula is C18H21FN4. The SMILES string of the molecule is Cn1ccnc1CC1CCCN(Cc2cc(F)ccc2C#N)C1. The van der Waals surface area contributed by atoms with E-state index in [0.29, 0.717) is 18.0 Å². The van der Waals surface area contributed by atoms with Gasteiger partial charge >= 0.3 is 0 Å². The first kappa shape index (κ1) is 15.7. The molecule has 1 aromatic heterocycles. The molecule has 1 aromatic carbocycles. The van der Waals surface area contributed by atoms with Gasteiger partial charge < -0.3 is 4.57 Å². The summed E-state index contributed by atoms with van der Waals surface area (Å²) in [5.74, 6) is 1.39. The van der Waals surface area contributed by atoms with Crippen molar-refractivity contribution in [1.29, 1.82) is 5.26 Å². The maximum atomic E-state index is 13.5. The average molecular weight is 312 g/mol. The van der Waals surface area contributed by atoms with Gasteiger partial charge in [0, 0.05) is 39.0 Å². The summed E-state index contributed by atoms with van der Waals surface area (Å²) in [7, 11) is 2.02. The lowest BCUT2D eigenvalue weighted by Gasteiger charge is -2.32. The van der Waals surface area contributed by atoms with Crippen LogP contribution in [0.5, 0.6) is 0 Å². The van der Waals surface area contributed by atoms with E-state index in [4.69, 9.17) is 0 Å². The predicted octanol–water partition coefficient (Wildman–Crippen LogP) is 2.89. The number of hydrogen-bond donors (Lipinski definition) is 0. The molecule has 3 rings (SSSR count). The summed E-state index contributed by atoms with van der Waals surface area (Å²) in [4.78, 5) is 6.74. The van der Waals surface area contributed by atoms with Gasteiger partial charge in [0.1, 0.15) is 11.6 Å². The van der Waals surface area contributed by atoms with Crippen molar-refractivity contribution in [2.45, 2.75) is 25.8 Å². The van der Waals surface area contributed by atoms with Gasteiger partial charge in [-0.15, -0.1) is 0 Å². The highest BCUT2D eigenvalue weighted by Gasteiger charge is 2.22. The number of piperidine rings is 1. The van der Waals surface area contributed by atoms with E-state index in [0.717, 1.165) is 37.3 Å². The molecule has 4 nitrogen and oxygen atoms in total. The van der Waals surface area contributed by atoms with Gasteiger partial charge in [-0.2, -0.15) is 5.26 Å². The zero-order chi connectivity index (χ0) is 16.2. The summed E-state index contributed by atoms with van der Waals surface area (Å²) in [6.07, 6.45) is 7.10. The lowest BCUT2D eigenvalue weighted by Crippen LogP contribution is -2.36. The van der Waals surface area contributed by atoms with E-state index >= 15 is 0 Å². The third kappa shape index (κ3) is 3.77. The summed E-state index contributed by atoms with van der Waals surface area (Å²) in [5.41, 5.74) is 1.35. The van der Waals surface area contributed by atoms with Gasteiger partial charge in [-0.25, -0.2) is 9.37 Å². The quantitative estimate of drug-likeness (QED) is 0.872. The number of nitriles is 1. The Balaban J connectivity index is 1.66. The number of hydrogen-bond acceptors (Lipinski definition) is 3. The Morgan fingerprint density at radius 1 is 1.43 bits per heavy atom. The monoisotopic (exact) mass is 312 g/mol. The number of rotatable bonds is 4. The summed E-state index contributed by atoms with van der Waals surface area (Å²) in [6.45, 7) is 2.60. The lowest BCUT2D eigenvalue weighted by molar-refractivity contribution is 0.165. The topological polar surface area (TPSA) is 44.9 Å². The summed E-state index contributed by atoms with van der Waals surface area (Å²) < 4.78 is 15.5. The Bertz CT molecular complexity index is 716. The fourth-order valence-corrected chi connectivity index (χ4v) is 3.36. The van der Waals surface area contributed by atoms with Crippen molar-refractivity contribution in [3.63, 3.8) is 0 Å². The molecule has 5 heteroatoms. The minimum Gasteiger partial charge on any atom is -0.338 e. The van der Waals surface area contributed by atoms with Crippen LogP contribution in [0.15, 0.2) is 30.6 Å². The zero-order valence-electron chi connectivity index (χ0n) is 13.4. The van der Waals surface area contributed by atoms with Gasteiger partial charge in [-0.3, -0.25) is 4.90 Å². The fraction of sp³-hybridized carbons (Fsp3) is 0.444. The number of aromatic nitrogens is 2. The second kappa shape index (κ2) is 6.93. The van der Waals surface area contributed by atoms with Gasteiger partial charge in [0.2, 0.25) is 0 Å². The van der Waals surface area contributed by atoms with Crippen LogP contribution in [0.3, 0.4) is 0 Å². The third-order valence-electron chi connectivity index (χ3n) is 4.58. The summed E-state index contributed by atoms with van der Waals surface area (Å²) in [5, 5.41) is 9.19. The highest BCUT2D eigenvalue weighted by atomic mass is 19.1. The molecule has 0 spiro atoms. The molecule has 1 aliphatic rings. The first-order valence-corrected chi connectivity index (χ1v) is 8.03. The molecule has 0 amide bonds. The van der Waals surface area contributed by atoms with Crippen molar-refractivity contribution in [3.05, 3.63) is 53.4 Å². The molecule has 23 heavy (non-hydrogen) atoms. The molecule has 0 N–H and O–H groups in total. The van der Waals surface area contributed by atoms with Gasteiger partial charge in [-0.1, -0.05) is 0 Å². The molecule has 2 aromatic rings. The van der Waals surface area contributed by atoms with Crippen LogP contribution in [0, 0.1) is 23.1 Å². The van der Waals surface area contributed by atoms with Gasteiger partial charge in [-0.05, 0) is 49.1 Å². The second-order valence-corrected chi connectivity index (χ2v) is 6.32. The molecule has 1 aliphatic heterocycles. The van der Waals surface area contributed by atoms with Crippen LogP contribution < -0.4 is 0 Å². The standard InChI is InChI=1S/C18H21FN4/c1-22-8-6-21-18(22)9-14-3-2-7-23(12-14)13-16-10-17(19)5-4-15(16)11-20/h4-6,8,10,14H,2-3,7,9,12-13H2,1H3. The normalized spacial score (nSPS) is 18.7. The van der Waals surface area contributed by atoms with E-state index in [1.165, 1.54) is 18.6 Å². The van der Waals surface area contributed by atoms with Crippen LogP contribution in [-0.4, -0.2) is 27.5 Å².